The minimum atomic E-state index is -2.95. The number of carbonyl (C=O) groups excluding carboxylic acids is 1. The third-order valence-electron chi connectivity index (χ3n) is 1.59. The van der Waals surface area contributed by atoms with Crippen LogP contribution in [-0.4, -0.2) is 12.2 Å². The first-order valence-corrected chi connectivity index (χ1v) is 4.40. The van der Waals surface area contributed by atoms with Crippen LogP contribution in [0.5, 0.6) is 0 Å². The van der Waals surface area contributed by atoms with Crippen LogP contribution in [0.1, 0.15) is 15.9 Å². The third-order valence-corrected chi connectivity index (χ3v) is 2.24. The Kier molecular flexibility index (Phi) is 3.14. The van der Waals surface area contributed by atoms with Gasteiger partial charge in [0, 0.05) is 10.0 Å². The smallest absolute Gasteiger partial charge is 0.288 e. The third kappa shape index (κ3) is 2.34. The predicted octanol–water partition coefficient (Wildman–Crippen LogP) is 3.21. The van der Waals surface area contributed by atoms with Gasteiger partial charge in [0.15, 0.2) is 0 Å². The van der Waals surface area contributed by atoms with Gasteiger partial charge < -0.3 is 0 Å². The average Bonchev–Trinajstić information content (AvgIpc) is 2.03. The molecule has 0 N–H and O–H groups in total. The number of hydrogen-bond donors (Lipinski definition) is 0. The molecule has 0 saturated heterocycles. The molecule has 0 atom stereocenters. The lowest BCUT2D eigenvalue weighted by atomic mass is 10.1. The lowest BCUT2D eigenvalue weighted by molar-refractivity contribution is 0.0678. The van der Waals surface area contributed by atoms with Gasteiger partial charge in [-0.15, -0.1) is 0 Å². The number of alkyl halides is 2. The van der Waals surface area contributed by atoms with Gasteiger partial charge in [0.25, 0.3) is 0 Å². The highest BCUT2D eigenvalue weighted by molar-refractivity contribution is 9.10. The Balaban J connectivity index is 3.09. The zero-order valence-corrected chi connectivity index (χ0v) is 8.44. The number of Topliss-reactive ketones (excluding diaryl/α,β-unsaturated/α-hetero) is 1. The van der Waals surface area contributed by atoms with Crippen LogP contribution in [0, 0.1) is 6.92 Å². The van der Waals surface area contributed by atoms with Crippen molar-refractivity contribution < 1.29 is 13.6 Å². The van der Waals surface area contributed by atoms with Crippen LogP contribution < -0.4 is 0 Å². The van der Waals surface area contributed by atoms with Crippen molar-refractivity contribution in [2.24, 2.45) is 0 Å². The summed E-state index contributed by atoms with van der Waals surface area (Å²) in [6, 6.07) is 4.66. The number of rotatable bonds is 2. The molecule has 0 saturated carbocycles. The summed E-state index contributed by atoms with van der Waals surface area (Å²) >= 11 is 3.06. The number of halogens is 3. The maximum Gasteiger partial charge on any atom is 0.300 e. The fraction of sp³-hybridized carbons (Fsp3) is 0.222. The molecule has 0 fully saturated rings. The lowest BCUT2D eigenvalue weighted by Crippen LogP contribution is -2.10. The van der Waals surface area contributed by atoms with Crippen LogP contribution in [0.15, 0.2) is 22.7 Å². The average molecular weight is 249 g/mol. The molecular formula is C9H7BrF2O. The monoisotopic (exact) mass is 248 g/mol. The van der Waals surface area contributed by atoms with Gasteiger partial charge in [-0.3, -0.25) is 4.79 Å². The number of hydrogen-bond acceptors (Lipinski definition) is 1. The summed E-state index contributed by atoms with van der Waals surface area (Å²) < 4.78 is 24.5. The van der Waals surface area contributed by atoms with Crippen molar-refractivity contribution in [3.63, 3.8) is 0 Å². The summed E-state index contributed by atoms with van der Waals surface area (Å²) in [6.45, 7) is 1.82. The molecule has 4 heteroatoms. The molecule has 0 radical (unpaired) electrons. The molecule has 0 heterocycles. The Labute approximate surface area is 82.9 Å². The first kappa shape index (κ1) is 10.3. The van der Waals surface area contributed by atoms with E-state index in [1.807, 2.05) is 6.92 Å². The number of aryl methyl sites for hydroxylation is 1. The van der Waals surface area contributed by atoms with E-state index < -0.39 is 12.2 Å². The largest absolute Gasteiger partial charge is 0.300 e. The summed E-state index contributed by atoms with van der Waals surface area (Å²) in [6.07, 6.45) is -2.95. The van der Waals surface area contributed by atoms with E-state index >= 15 is 0 Å². The van der Waals surface area contributed by atoms with Gasteiger partial charge in [-0.1, -0.05) is 22.0 Å². The summed E-state index contributed by atoms with van der Waals surface area (Å²) in [5, 5.41) is 0. The summed E-state index contributed by atoms with van der Waals surface area (Å²) in [4.78, 5) is 10.9. The van der Waals surface area contributed by atoms with Crippen molar-refractivity contribution in [3.05, 3.63) is 33.8 Å². The van der Waals surface area contributed by atoms with Gasteiger partial charge >= 0.3 is 6.43 Å². The molecule has 0 spiro atoms. The van der Waals surface area contributed by atoms with Gasteiger partial charge in [-0.25, -0.2) is 8.78 Å². The number of benzene rings is 1. The van der Waals surface area contributed by atoms with Crippen LogP contribution in [0.3, 0.4) is 0 Å². The molecule has 70 valence electrons. The van der Waals surface area contributed by atoms with E-state index in [4.69, 9.17) is 0 Å². The van der Waals surface area contributed by atoms with E-state index in [9.17, 15) is 13.6 Å². The highest BCUT2D eigenvalue weighted by Gasteiger charge is 2.19. The van der Waals surface area contributed by atoms with E-state index in [0.29, 0.717) is 4.47 Å². The highest BCUT2D eigenvalue weighted by Crippen LogP contribution is 2.20. The zero-order valence-electron chi connectivity index (χ0n) is 6.85. The molecule has 0 aliphatic rings. The summed E-state index contributed by atoms with van der Waals surface area (Å²) in [5.41, 5.74) is 0.943. The highest BCUT2D eigenvalue weighted by atomic mass is 79.9. The first-order valence-electron chi connectivity index (χ1n) is 3.61. The first-order chi connectivity index (χ1) is 6.02. The minimum Gasteiger partial charge on any atom is -0.288 e. The number of ketones is 1. The summed E-state index contributed by atoms with van der Waals surface area (Å²) in [7, 11) is 0. The van der Waals surface area contributed by atoms with Gasteiger partial charge in [-0.05, 0) is 24.6 Å². The van der Waals surface area contributed by atoms with Crippen LogP contribution >= 0.6 is 15.9 Å². The standard InChI is InChI=1S/C9H7BrF2O/c1-5-2-3-6(7(10)4-5)8(13)9(11)12/h2-4,9H,1H3. The Morgan fingerprint density at radius 1 is 1.46 bits per heavy atom. The topological polar surface area (TPSA) is 17.1 Å². The normalized spacial score (nSPS) is 10.5. The molecular weight excluding hydrogens is 242 g/mol. The minimum absolute atomic E-state index is 0.0283. The van der Waals surface area contributed by atoms with Crippen LogP contribution in [0.25, 0.3) is 0 Å². The fourth-order valence-corrected chi connectivity index (χ4v) is 1.63. The summed E-state index contributed by atoms with van der Waals surface area (Å²) in [5.74, 6) is -1.15. The van der Waals surface area contributed by atoms with Gasteiger partial charge in [0.2, 0.25) is 5.78 Å². The molecule has 1 nitrogen and oxygen atoms in total. The second-order valence-corrected chi connectivity index (χ2v) is 3.50. The zero-order chi connectivity index (χ0) is 10.0. The molecule has 1 aromatic rings. The van der Waals surface area contributed by atoms with Crippen molar-refractivity contribution >= 4 is 21.7 Å². The van der Waals surface area contributed by atoms with Crippen molar-refractivity contribution in [3.8, 4) is 0 Å². The van der Waals surface area contributed by atoms with Crippen LogP contribution in [0.2, 0.25) is 0 Å². The molecule has 0 aromatic heterocycles. The molecule has 0 bridgehead atoms. The lowest BCUT2D eigenvalue weighted by Gasteiger charge is -2.03. The maximum atomic E-state index is 12.0. The second-order valence-electron chi connectivity index (χ2n) is 2.65. The molecule has 1 aromatic carbocycles. The van der Waals surface area contributed by atoms with E-state index in [-0.39, 0.29) is 5.56 Å². The van der Waals surface area contributed by atoms with Crippen molar-refractivity contribution in [2.45, 2.75) is 13.3 Å². The van der Waals surface area contributed by atoms with Gasteiger partial charge in [0.1, 0.15) is 0 Å². The quantitative estimate of drug-likeness (QED) is 0.735. The molecule has 0 amide bonds. The molecule has 0 unspecified atom stereocenters. The Morgan fingerprint density at radius 2 is 2.08 bits per heavy atom. The molecule has 0 aliphatic carbocycles. The second kappa shape index (κ2) is 3.96. The van der Waals surface area contributed by atoms with E-state index in [0.717, 1.165) is 5.56 Å². The van der Waals surface area contributed by atoms with Crippen LogP contribution in [0.4, 0.5) is 8.78 Å². The van der Waals surface area contributed by atoms with Crippen LogP contribution in [-0.2, 0) is 0 Å². The Morgan fingerprint density at radius 3 is 2.54 bits per heavy atom. The van der Waals surface area contributed by atoms with Gasteiger partial charge in [0.05, 0.1) is 0 Å². The number of carbonyl (C=O) groups is 1. The van der Waals surface area contributed by atoms with E-state index in [1.165, 1.54) is 6.07 Å². The Hall–Kier alpha value is -0.770. The molecule has 13 heavy (non-hydrogen) atoms. The SMILES string of the molecule is Cc1ccc(C(=O)C(F)F)c(Br)c1. The molecule has 1 rings (SSSR count). The fourth-order valence-electron chi connectivity index (χ4n) is 0.938. The predicted molar refractivity (Wildman–Crippen MR) is 49.2 cm³/mol. The van der Waals surface area contributed by atoms with Crippen molar-refractivity contribution in [2.75, 3.05) is 0 Å². The van der Waals surface area contributed by atoms with Crippen molar-refractivity contribution in [1.82, 2.24) is 0 Å². The maximum absolute atomic E-state index is 12.0. The van der Waals surface area contributed by atoms with Gasteiger partial charge in [-0.2, -0.15) is 0 Å². The van der Waals surface area contributed by atoms with E-state index in [1.54, 1.807) is 12.1 Å². The van der Waals surface area contributed by atoms with E-state index in [2.05, 4.69) is 15.9 Å². The molecule has 0 aliphatic heterocycles. The Bertz CT molecular complexity index is 336. The van der Waals surface area contributed by atoms with Crippen molar-refractivity contribution in [1.29, 1.82) is 0 Å².